The molecule has 0 bridgehead atoms. The van der Waals surface area contributed by atoms with E-state index in [-0.39, 0.29) is 17.2 Å². The number of benzene rings is 3. The molecular formula is C29H32N4O2S. The lowest BCUT2D eigenvalue weighted by Crippen LogP contribution is -2.30. The van der Waals surface area contributed by atoms with Gasteiger partial charge >= 0.3 is 0 Å². The molecule has 0 saturated heterocycles. The zero-order valence-corrected chi connectivity index (χ0v) is 22.2. The zero-order chi connectivity index (χ0) is 25.8. The Morgan fingerprint density at radius 3 is 2.44 bits per heavy atom. The fourth-order valence-corrected chi connectivity index (χ4v) is 5.19. The van der Waals surface area contributed by atoms with E-state index < -0.39 is 0 Å². The van der Waals surface area contributed by atoms with Gasteiger partial charge in [-0.2, -0.15) is 0 Å². The Balaban J connectivity index is 1.58. The van der Waals surface area contributed by atoms with E-state index in [2.05, 4.69) is 31.0 Å². The second-order valence-electron chi connectivity index (χ2n) is 9.11. The molecule has 36 heavy (non-hydrogen) atoms. The number of rotatable bonds is 8. The fraction of sp³-hybridized carbons (Fsp3) is 0.276. The second-order valence-corrected chi connectivity index (χ2v) is 10.0. The molecule has 1 aromatic heterocycles. The number of fused-ring (bicyclic) bond motifs is 1. The fourth-order valence-electron chi connectivity index (χ4n) is 4.39. The average Bonchev–Trinajstić information content (AvgIpc) is 2.85. The Morgan fingerprint density at radius 2 is 1.78 bits per heavy atom. The highest BCUT2D eigenvalue weighted by molar-refractivity contribution is 7.99. The molecule has 0 aliphatic carbocycles. The minimum Gasteiger partial charge on any atom is -0.369 e. The first-order valence-electron chi connectivity index (χ1n) is 12.2. The van der Waals surface area contributed by atoms with Crippen LogP contribution in [-0.4, -0.2) is 33.8 Å². The topological polar surface area (TPSA) is 67.2 Å². The summed E-state index contributed by atoms with van der Waals surface area (Å²) in [5.41, 5.74) is 5.20. The number of thioether (sulfide) groups is 1. The predicted octanol–water partition coefficient (Wildman–Crippen LogP) is 5.97. The van der Waals surface area contributed by atoms with Gasteiger partial charge in [0, 0.05) is 24.0 Å². The summed E-state index contributed by atoms with van der Waals surface area (Å²) >= 11 is 1.26. The number of nitrogens with zero attached hydrogens (tertiary/aromatic N) is 3. The van der Waals surface area contributed by atoms with Crippen molar-refractivity contribution in [3.63, 3.8) is 0 Å². The molecule has 4 aromatic rings. The third-order valence-electron chi connectivity index (χ3n) is 6.12. The summed E-state index contributed by atoms with van der Waals surface area (Å²) in [6, 6.07) is 21.6. The van der Waals surface area contributed by atoms with Gasteiger partial charge in [0.05, 0.1) is 22.3 Å². The molecule has 3 aromatic carbocycles. The third kappa shape index (κ3) is 5.46. The van der Waals surface area contributed by atoms with E-state index in [4.69, 9.17) is 4.98 Å². The van der Waals surface area contributed by atoms with E-state index in [1.807, 2.05) is 74.5 Å². The van der Waals surface area contributed by atoms with E-state index >= 15 is 0 Å². The van der Waals surface area contributed by atoms with E-state index in [1.165, 1.54) is 11.8 Å². The van der Waals surface area contributed by atoms with Crippen LogP contribution in [-0.2, 0) is 4.79 Å². The number of aryl methyl sites for hydroxylation is 2. The molecule has 0 fully saturated rings. The monoisotopic (exact) mass is 500 g/mol. The van der Waals surface area contributed by atoms with Gasteiger partial charge in [0.25, 0.3) is 5.56 Å². The molecule has 4 rings (SSSR count). The third-order valence-corrected chi connectivity index (χ3v) is 7.06. The van der Waals surface area contributed by atoms with Gasteiger partial charge in [0.2, 0.25) is 5.91 Å². The largest absolute Gasteiger partial charge is 0.369 e. The van der Waals surface area contributed by atoms with Crippen molar-refractivity contribution in [1.29, 1.82) is 0 Å². The van der Waals surface area contributed by atoms with Gasteiger partial charge in [0.15, 0.2) is 5.16 Å². The lowest BCUT2D eigenvalue weighted by atomic mass is 10.1. The summed E-state index contributed by atoms with van der Waals surface area (Å²) in [6.45, 7) is 11.4. The minimum absolute atomic E-state index is 0.129. The Kier molecular flexibility index (Phi) is 7.79. The SMILES string of the molecule is CCN(c1ccc(NC(=O)CSc2nc3ccccc3c(=O)n2-c2ccc(C)cc2C)cc1)C(C)C. The molecule has 1 amide bonds. The number of anilines is 2. The van der Waals surface area contributed by atoms with Crippen LogP contribution in [0.5, 0.6) is 0 Å². The lowest BCUT2D eigenvalue weighted by molar-refractivity contribution is -0.113. The van der Waals surface area contributed by atoms with Gasteiger partial charge < -0.3 is 10.2 Å². The number of carbonyl (C=O) groups excluding carboxylic acids is 1. The van der Waals surface area contributed by atoms with Crippen molar-refractivity contribution in [2.45, 2.75) is 45.8 Å². The summed E-state index contributed by atoms with van der Waals surface area (Å²) < 4.78 is 1.62. The second kappa shape index (κ2) is 11.0. The first-order chi connectivity index (χ1) is 17.3. The van der Waals surface area contributed by atoms with Gasteiger partial charge in [0.1, 0.15) is 0 Å². The van der Waals surface area contributed by atoms with Crippen LogP contribution >= 0.6 is 11.8 Å². The zero-order valence-electron chi connectivity index (χ0n) is 21.4. The van der Waals surface area contributed by atoms with Crippen molar-refractivity contribution in [1.82, 2.24) is 9.55 Å². The van der Waals surface area contributed by atoms with Crippen LogP contribution < -0.4 is 15.8 Å². The first-order valence-corrected chi connectivity index (χ1v) is 13.2. The van der Waals surface area contributed by atoms with Gasteiger partial charge in [-0.05, 0) is 82.6 Å². The van der Waals surface area contributed by atoms with Crippen LogP contribution in [0.1, 0.15) is 31.9 Å². The molecule has 0 radical (unpaired) electrons. The number of hydrogen-bond donors (Lipinski definition) is 1. The highest BCUT2D eigenvalue weighted by atomic mass is 32.2. The summed E-state index contributed by atoms with van der Waals surface area (Å²) in [4.78, 5) is 33.3. The molecule has 6 nitrogen and oxygen atoms in total. The van der Waals surface area contributed by atoms with E-state index in [0.29, 0.717) is 22.1 Å². The quantitative estimate of drug-likeness (QED) is 0.239. The van der Waals surface area contributed by atoms with Crippen LogP contribution in [0, 0.1) is 13.8 Å². The van der Waals surface area contributed by atoms with Crippen LogP contribution in [0.4, 0.5) is 11.4 Å². The first kappa shape index (κ1) is 25.5. The number of nitrogens with one attached hydrogen (secondary N) is 1. The Labute approximate surface area is 216 Å². The van der Waals surface area contributed by atoms with Crippen LogP contribution in [0.15, 0.2) is 76.7 Å². The summed E-state index contributed by atoms with van der Waals surface area (Å²) in [6.07, 6.45) is 0. The minimum atomic E-state index is -0.154. The molecule has 0 aliphatic rings. The van der Waals surface area contributed by atoms with Crippen LogP contribution in [0.2, 0.25) is 0 Å². The molecule has 1 heterocycles. The molecule has 0 saturated carbocycles. The lowest BCUT2D eigenvalue weighted by Gasteiger charge is -2.27. The van der Waals surface area contributed by atoms with Crippen molar-refractivity contribution >= 4 is 39.9 Å². The Hall–Kier alpha value is -3.58. The maximum Gasteiger partial charge on any atom is 0.266 e. The predicted molar refractivity (Wildman–Crippen MR) is 151 cm³/mol. The van der Waals surface area contributed by atoms with Crippen LogP contribution in [0.25, 0.3) is 16.6 Å². The maximum absolute atomic E-state index is 13.5. The molecule has 0 spiro atoms. The molecule has 1 N–H and O–H groups in total. The van der Waals surface area contributed by atoms with Crippen LogP contribution in [0.3, 0.4) is 0 Å². The van der Waals surface area contributed by atoms with Gasteiger partial charge in [-0.25, -0.2) is 4.98 Å². The molecule has 7 heteroatoms. The summed E-state index contributed by atoms with van der Waals surface area (Å²) in [5, 5.41) is 4.00. The van der Waals surface area contributed by atoms with Crippen molar-refractivity contribution < 1.29 is 4.79 Å². The Morgan fingerprint density at radius 1 is 1.06 bits per heavy atom. The normalized spacial score (nSPS) is 11.2. The maximum atomic E-state index is 13.5. The molecule has 0 unspecified atom stereocenters. The standard InChI is InChI=1S/C29H32N4O2S/c1-6-32(19(2)3)23-14-12-22(13-15-23)30-27(34)18-36-29-31-25-10-8-7-9-24(25)28(35)33(29)26-16-11-20(4)17-21(26)5/h7-17,19H,6,18H2,1-5H3,(H,30,34). The molecule has 186 valence electrons. The van der Waals surface area contributed by atoms with E-state index in [0.717, 1.165) is 34.7 Å². The summed E-state index contributed by atoms with van der Waals surface area (Å²) in [7, 11) is 0. The van der Waals surface area contributed by atoms with E-state index in [9.17, 15) is 9.59 Å². The van der Waals surface area contributed by atoms with Gasteiger partial charge in [-0.15, -0.1) is 0 Å². The van der Waals surface area contributed by atoms with Crippen molar-refractivity contribution in [2.75, 3.05) is 22.5 Å². The number of aromatic nitrogens is 2. The number of amides is 1. The van der Waals surface area contributed by atoms with Crippen molar-refractivity contribution in [3.8, 4) is 5.69 Å². The molecule has 0 atom stereocenters. The van der Waals surface area contributed by atoms with Gasteiger partial charge in [-0.1, -0.05) is 41.6 Å². The smallest absolute Gasteiger partial charge is 0.266 e. The average molecular weight is 501 g/mol. The van der Waals surface area contributed by atoms with E-state index in [1.54, 1.807) is 10.6 Å². The summed E-state index contributed by atoms with van der Waals surface area (Å²) in [5.74, 6) is -0.0246. The Bertz CT molecular complexity index is 1440. The van der Waals surface area contributed by atoms with Crippen molar-refractivity contribution in [2.24, 2.45) is 0 Å². The highest BCUT2D eigenvalue weighted by Crippen LogP contribution is 2.25. The molecular weight excluding hydrogens is 468 g/mol. The number of para-hydroxylation sites is 1. The van der Waals surface area contributed by atoms with Crippen molar-refractivity contribution in [3.05, 3.63) is 88.2 Å². The van der Waals surface area contributed by atoms with Gasteiger partial charge in [-0.3, -0.25) is 14.2 Å². The highest BCUT2D eigenvalue weighted by Gasteiger charge is 2.16. The molecule has 0 aliphatic heterocycles. The number of carbonyl (C=O) groups is 1. The number of hydrogen-bond acceptors (Lipinski definition) is 5.